The quantitative estimate of drug-likeness (QED) is 0.742. The number of halogens is 2. The number of nitrogens with one attached hydrogen (secondary N) is 2. The summed E-state index contributed by atoms with van der Waals surface area (Å²) >= 11 is 0. The van der Waals surface area contributed by atoms with Crippen LogP contribution in [0.3, 0.4) is 0 Å². The maximum atomic E-state index is 12.4. The van der Waals surface area contributed by atoms with Gasteiger partial charge in [-0.2, -0.15) is 0 Å². The number of hydrogen-bond acceptors (Lipinski definition) is 4. The third-order valence-corrected chi connectivity index (χ3v) is 2.89. The summed E-state index contributed by atoms with van der Waals surface area (Å²) in [6.07, 6.45) is -1.87. The summed E-state index contributed by atoms with van der Waals surface area (Å²) in [5.41, 5.74) is -1.42. The van der Waals surface area contributed by atoms with Gasteiger partial charge in [-0.3, -0.25) is 4.72 Å². The van der Waals surface area contributed by atoms with E-state index in [1.54, 1.807) is 12.1 Å². The van der Waals surface area contributed by atoms with E-state index in [2.05, 4.69) is 10.0 Å². The summed E-state index contributed by atoms with van der Waals surface area (Å²) in [7, 11) is -3.40. The number of hydrogen-bond donors (Lipinski definition) is 3. The van der Waals surface area contributed by atoms with Crippen LogP contribution in [0.2, 0.25) is 0 Å². The summed E-state index contributed by atoms with van der Waals surface area (Å²) in [4.78, 5) is 0. The van der Waals surface area contributed by atoms with Crippen LogP contribution in [-0.2, 0) is 10.0 Å². The second-order valence-corrected chi connectivity index (χ2v) is 6.21. The van der Waals surface area contributed by atoms with E-state index in [0.717, 1.165) is 13.2 Å². The molecule has 0 aliphatic rings. The minimum absolute atomic E-state index is 0.309. The molecule has 0 heterocycles. The first kappa shape index (κ1) is 15.6. The summed E-state index contributed by atoms with van der Waals surface area (Å²) in [6.45, 7) is 0.663. The minimum Gasteiger partial charge on any atom is -0.382 e. The number of alkyl halides is 2. The van der Waals surface area contributed by atoms with Gasteiger partial charge in [0.2, 0.25) is 10.0 Å². The van der Waals surface area contributed by atoms with E-state index in [0.29, 0.717) is 11.4 Å². The summed E-state index contributed by atoms with van der Waals surface area (Å²) in [5.74, 6) is 0. The highest BCUT2D eigenvalue weighted by atomic mass is 32.2. The Labute approximate surface area is 110 Å². The fraction of sp³-hybridized carbons (Fsp3) is 0.455. The molecule has 0 spiro atoms. The van der Waals surface area contributed by atoms with E-state index >= 15 is 0 Å². The highest BCUT2D eigenvalue weighted by molar-refractivity contribution is 7.92. The topological polar surface area (TPSA) is 78.4 Å². The molecule has 0 bridgehead atoms. The molecule has 0 fully saturated rings. The van der Waals surface area contributed by atoms with Crippen LogP contribution in [0.1, 0.15) is 6.92 Å². The summed E-state index contributed by atoms with van der Waals surface area (Å²) in [6, 6.07) is 6.11. The summed E-state index contributed by atoms with van der Waals surface area (Å²) in [5, 5.41) is 12.0. The average molecular weight is 294 g/mol. The zero-order chi connectivity index (χ0) is 14.7. The van der Waals surface area contributed by atoms with Crippen molar-refractivity contribution in [3.8, 4) is 0 Å². The second kappa shape index (κ2) is 5.70. The minimum atomic E-state index is -3.40. The van der Waals surface area contributed by atoms with Gasteiger partial charge in [-0.15, -0.1) is 0 Å². The zero-order valence-electron chi connectivity index (χ0n) is 10.5. The number of anilines is 2. The molecule has 3 N–H and O–H groups in total. The lowest BCUT2D eigenvalue weighted by Gasteiger charge is -2.23. The van der Waals surface area contributed by atoms with E-state index in [9.17, 15) is 22.3 Å². The third-order valence-electron chi connectivity index (χ3n) is 2.29. The molecule has 0 aliphatic heterocycles. The molecular formula is C11H16F2N2O3S. The van der Waals surface area contributed by atoms with Gasteiger partial charge in [0.05, 0.1) is 11.9 Å². The lowest BCUT2D eigenvalue weighted by Crippen LogP contribution is -2.40. The molecule has 108 valence electrons. The van der Waals surface area contributed by atoms with E-state index in [1.165, 1.54) is 12.1 Å². The average Bonchev–Trinajstić information content (AvgIpc) is 2.24. The van der Waals surface area contributed by atoms with Crippen molar-refractivity contribution in [2.45, 2.75) is 19.0 Å². The molecule has 5 nitrogen and oxygen atoms in total. The monoisotopic (exact) mass is 294 g/mol. The molecule has 0 saturated heterocycles. The van der Waals surface area contributed by atoms with Gasteiger partial charge in [-0.25, -0.2) is 17.2 Å². The van der Waals surface area contributed by atoms with Crippen LogP contribution in [-0.4, -0.2) is 38.4 Å². The normalized spacial score (nSPS) is 15.1. The second-order valence-electron chi connectivity index (χ2n) is 4.47. The van der Waals surface area contributed by atoms with Crippen LogP contribution >= 0.6 is 0 Å². The molecule has 1 aromatic rings. The van der Waals surface area contributed by atoms with Gasteiger partial charge in [0.25, 0.3) is 6.43 Å². The molecule has 8 heteroatoms. The first-order chi connectivity index (χ1) is 8.60. The van der Waals surface area contributed by atoms with Crippen molar-refractivity contribution in [2.75, 3.05) is 22.8 Å². The van der Waals surface area contributed by atoms with Gasteiger partial charge < -0.3 is 10.4 Å². The highest BCUT2D eigenvalue weighted by Crippen LogP contribution is 2.19. The Kier molecular flexibility index (Phi) is 4.70. The molecule has 0 aromatic heterocycles. The van der Waals surface area contributed by atoms with Crippen molar-refractivity contribution in [3.63, 3.8) is 0 Å². The van der Waals surface area contributed by atoms with Crippen molar-refractivity contribution in [2.24, 2.45) is 0 Å². The molecular weight excluding hydrogens is 278 g/mol. The van der Waals surface area contributed by atoms with E-state index in [1.807, 2.05) is 0 Å². The predicted octanol–water partition coefficient (Wildman–Crippen LogP) is 1.49. The fourth-order valence-electron chi connectivity index (χ4n) is 1.26. The predicted molar refractivity (Wildman–Crippen MR) is 70.0 cm³/mol. The number of aliphatic hydroxyl groups is 1. The van der Waals surface area contributed by atoms with E-state index in [-0.39, 0.29) is 6.54 Å². The van der Waals surface area contributed by atoms with Crippen LogP contribution in [0.15, 0.2) is 24.3 Å². The first-order valence-electron chi connectivity index (χ1n) is 5.42. The van der Waals surface area contributed by atoms with Gasteiger partial charge in [-0.1, -0.05) is 6.07 Å². The standard InChI is InChI=1S/C11H16F2N2O3S/c1-11(16,10(12)13)7-14-8-4-3-5-9(6-8)15-19(2,17)18/h3-6,10,14-16H,7H2,1-2H3. The molecule has 1 unspecified atom stereocenters. The van der Waals surface area contributed by atoms with Crippen LogP contribution in [0.25, 0.3) is 0 Å². The van der Waals surface area contributed by atoms with Crippen LogP contribution in [0.5, 0.6) is 0 Å². The van der Waals surface area contributed by atoms with Gasteiger partial charge in [-0.05, 0) is 25.1 Å². The largest absolute Gasteiger partial charge is 0.382 e. The van der Waals surface area contributed by atoms with E-state index < -0.39 is 22.0 Å². The Morgan fingerprint density at radius 3 is 2.47 bits per heavy atom. The fourth-order valence-corrected chi connectivity index (χ4v) is 1.82. The van der Waals surface area contributed by atoms with E-state index in [4.69, 9.17) is 0 Å². The Morgan fingerprint density at radius 1 is 1.37 bits per heavy atom. The molecule has 19 heavy (non-hydrogen) atoms. The lowest BCUT2D eigenvalue weighted by atomic mass is 10.1. The Hall–Kier alpha value is -1.41. The molecule has 1 atom stereocenters. The number of rotatable bonds is 6. The molecule has 0 radical (unpaired) electrons. The van der Waals surface area contributed by atoms with Crippen LogP contribution in [0, 0.1) is 0 Å². The lowest BCUT2D eigenvalue weighted by molar-refractivity contribution is -0.0732. The molecule has 0 saturated carbocycles. The maximum Gasteiger partial charge on any atom is 0.268 e. The number of benzene rings is 1. The molecule has 0 aliphatic carbocycles. The molecule has 1 aromatic carbocycles. The van der Waals surface area contributed by atoms with Gasteiger partial charge in [0.15, 0.2) is 0 Å². The third kappa shape index (κ3) is 5.39. The smallest absolute Gasteiger partial charge is 0.268 e. The van der Waals surface area contributed by atoms with Crippen molar-refractivity contribution >= 4 is 21.4 Å². The van der Waals surface area contributed by atoms with Crippen molar-refractivity contribution in [1.82, 2.24) is 0 Å². The maximum absolute atomic E-state index is 12.4. The molecule has 1 rings (SSSR count). The van der Waals surface area contributed by atoms with Crippen molar-refractivity contribution in [1.29, 1.82) is 0 Å². The van der Waals surface area contributed by atoms with Crippen molar-refractivity contribution < 1.29 is 22.3 Å². The summed E-state index contributed by atoms with van der Waals surface area (Å²) < 4.78 is 49.2. The SMILES string of the molecule is CC(O)(CNc1cccc(NS(C)(=O)=O)c1)C(F)F. The van der Waals surface area contributed by atoms with Gasteiger partial charge in [0, 0.05) is 12.2 Å². The van der Waals surface area contributed by atoms with Crippen LogP contribution in [0.4, 0.5) is 20.2 Å². The Morgan fingerprint density at radius 2 is 1.95 bits per heavy atom. The molecule has 0 amide bonds. The van der Waals surface area contributed by atoms with Gasteiger partial charge >= 0.3 is 0 Å². The number of sulfonamides is 1. The highest BCUT2D eigenvalue weighted by Gasteiger charge is 2.31. The Balaban J connectivity index is 2.73. The zero-order valence-corrected chi connectivity index (χ0v) is 11.3. The Bertz CT molecular complexity index is 532. The first-order valence-corrected chi connectivity index (χ1v) is 7.31. The van der Waals surface area contributed by atoms with Gasteiger partial charge in [0.1, 0.15) is 5.60 Å². The van der Waals surface area contributed by atoms with Crippen molar-refractivity contribution in [3.05, 3.63) is 24.3 Å². The van der Waals surface area contributed by atoms with Crippen LogP contribution < -0.4 is 10.0 Å².